The van der Waals surface area contributed by atoms with E-state index in [0.717, 1.165) is 16.7 Å². The van der Waals surface area contributed by atoms with E-state index in [1.54, 1.807) is 20.9 Å². The fraction of sp³-hybridized carbons (Fsp3) is 0.211. The van der Waals surface area contributed by atoms with E-state index >= 15 is 0 Å². The maximum absolute atomic E-state index is 12.8. The third-order valence-electron chi connectivity index (χ3n) is 4.10. The van der Waals surface area contributed by atoms with Crippen LogP contribution in [0.3, 0.4) is 0 Å². The van der Waals surface area contributed by atoms with E-state index in [4.69, 9.17) is 4.52 Å². The second-order valence-corrected chi connectivity index (χ2v) is 7.96. The van der Waals surface area contributed by atoms with Crippen LogP contribution in [0.1, 0.15) is 17.0 Å². The van der Waals surface area contributed by atoms with Crippen LogP contribution in [0, 0.1) is 13.8 Å². The molecule has 130 valence electrons. The quantitative estimate of drug-likeness (QED) is 0.648. The maximum Gasteiger partial charge on any atom is 0.240 e. The molecule has 1 unspecified atom stereocenters. The van der Waals surface area contributed by atoms with E-state index in [-0.39, 0.29) is 11.4 Å². The minimum Gasteiger partial charge on any atom is -0.593 e. The van der Waals surface area contributed by atoms with Gasteiger partial charge in [0.05, 0.1) is 6.54 Å². The van der Waals surface area contributed by atoms with E-state index in [1.165, 1.54) is 4.31 Å². The van der Waals surface area contributed by atoms with Crippen molar-refractivity contribution in [2.45, 2.75) is 25.3 Å². The van der Waals surface area contributed by atoms with Crippen molar-refractivity contribution in [3.63, 3.8) is 0 Å². The molecular formula is C19H20N2O3S. The predicted molar refractivity (Wildman–Crippen MR) is 96.4 cm³/mol. The number of hydrogen-bond acceptors (Lipinski definition) is 4. The van der Waals surface area contributed by atoms with E-state index < -0.39 is 10.4 Å². The molecular weight excluding hydrogens is 336 g/mol. The zero-order valence-corrected chi connectivity index (χ0v) is 15.2. The van der Waals surface area contributed by atoms with Crippen LogP contribution in [0.25, 0.3) is 11.1 Å². The highest BCUT2D eigenvalue weighted by atomic mass is 32.3. The van der Waals surface area contributed by atoms with Crippen molar-refractivity contribution >= 4 is 10.4 Å². The van der Waals surface area contributed by atoms with Crippen molar-refractivity contribution in [3.8, 4) is 11.1 Å². The van der Waals surface area contributed by atoms with Gasteiger partial charge in [0.25, 0.3) is 0 Å². The fourth-order valence-electron chi connectivity index (χ4n) is 2.77. The molecule has 0 amide bonds. The van der Waals surface area contributed by atoms with Crippen LogP contribution in [0.15, 0.2) is 64.0 Å². The van der Waals surface area contributed by atoms with Gasteiger partial charge in [-0.2, -0.15) is 0 Å². The average molecular weight is 356 g/mol. The Bertz CT molecular complexity index is 885. The van der Waals surface area contributed by atoms with Crippen LogP contribution in [-0.2, 0) is 21.2 Å². The molecule has 0 radical (unpaired) electrons. The van der Waals surface area contributed by atoms with Gasteiger partial charge >= 0.3 is 0 Å². The van der Waals surface area contributed by atoms with E-state index in [9.17, 15) is 8.76 Å². The lowest BCUT2D eigenvalue weighted by Crippen LogP contribution is -2.33. The van der Waals surface area contributed by atoms with Crippen molar-refractivity contribution in [2.75, 3.05) is 7.05 Å². The monoisotopic (exact) mass is 356 g/mol. The first-order valence-electron chi connectivity index (χ1n) is 7.93. The lowest BCUT2D eigenvalue weighted by atomic mass is 10.0. The molecule has 1 atom stereocenters. The van der Waals surface area contributed by atoms with E-state index in [1.807, 2.05) is 54.6 Å². The zero-order valence-electron chi connectivity index (χ0n) is 14.4. The van der Waals surface area contributed by atoms with Crippen molar-refractivity contribution in [1.82, 2.24) is 9.46 Å². The molecule has 1 heterocycles. The van der Waals surface area contributed by atoms with Crippen LogP contribution >= 0.6 is 0 Å². The molecule has 0 fully saturated rings. The summed E-state index contributed by atoms with van der Waals surface area (Å²) in [4.78, 5) is 0.149. The van der Waals surface area contributed by atoms with Crippen molar-refractivity contribution in [1.29, 1.82) is 0 Å². The molecule has 1 aromatic heterocycles. The third kappa shape index (κ3) is 3.56. The minimum absolute atomic E-state index is 0.149. The Balaban J connectivity index is 1.79. The van der Waals surface area contributed by atoms with Gasteiger partial charge in [-0.1, -0.05) is 64.0 Å². The summed E-state index contributed by atoms with van der Waals surface area (Å²) in [6, 6.07) is 17.9. The second kappa shape index (κ2) is 6.92. The Morgan fingerprint density at radius 3 is 2.20 bits per heavy atom. The first kappa shape index (κ1) is 17.5. The summed E-state index contributed by atoms with van der Waals surface area (Å²) in [5.41, 5.74) is 3.52. The molecule has 25 heavy (non-hydrogen) atoms. The lowest BCUT2D eigenvalue weighted by Gasteiger charge is -2.23. The number of benzene rings is 2. The Hall–Kier alpha value is -2.28. The number of aromatic nitrogens is 1. The number of sulfonamides is 1. The maximum atomic E-state index is 12.8. The Morgan fingerprint density at radius 1 is 1.04 bits per heavy atom. The largest absolute Gasteiger partial charge is 0.593 e. The standard InChI is InChI=1S/C19H20N2O3S/c1-14-19(15(2)24-20-14)25(22,23)21(3)13-16-9-11-18(12-10-16)17-7-5-4-6-8-17/h4-12H,13H2,1-3H3. The molecule has 0 saturated carbocycles. The van der Waals surface area contributed by atoms with Crippen LogP contribution in [-0.4, -0.2) is 21.1 Å². The van der Waals surface area contributed by atoms with Gasteiger partial charge in [0.2, 0.25) is 4.90 Å². The molecule has 0 N–H and O–H groups in total. The van der Waals surface area contributed by atoms with Crippen molar-refractivity contribution < 1.29 is 13.3 Å². The van der Waals surface area contributed by atoms with Crippen LogP contribution in [0.2, 0.25) is 0 Å². The smallest absolute Gasteiger partial charge is 0.240 e. The highest BCUT2D eigenvalue weighted by Gasteiger charge is 2.34. The van der Waals surface area contributed by atoms with Gasteiger partial charge in [-0.25, -0.2) is 0 Å². The van der Waals surface area contributed by atoms with E-state index in [2.05, 4.69) is 5.16 Å². The second-order valence-electron chi connectivity index (χ2n) is 5.98. The first-order chi connectivity index (χ1) is 11.9. The Kier molecular flexibility index (Phi) is 4.85. The Labute approximate surface area is 148 Å². The molecule has 6 heteroatoms. The predicted octanol–water partition coefficient (Wildman–Crippen LogP) is 3.99. The van der Waals surface area contributed by atoms with Gasteiger partial charge in [-0.3, -0.25) is 0 Å². The molecule has 0 spiro atoms. The molecule has 3 aromatic rings. The molecule has 0 aliphatic rings. The highest BCUT2D eigenvalue weighted by Crippen LogP contribution is 2.28. The summed E-state index contributed by atoms with van der Waals surface area (Å²) >= 11 is 0. The van der Waals surface area contributed by atoms with Crippen LogP contribution in [0.5, 0.6) is 0 Å². The number of hydrogen-bond donors (Lipinski definition) is 0. The summed E-state index contributed by atoms with van der Waals surface area (Å²) < 4.78 is 31.8. The molecule has 0 aliphatic carbocycles. The number of aryl methyl sites for hydroxylation is 2. The Morgan fingerprint density at radius 2 is 1.64 bits per heavy atom. The molecule has 0 aliphatic heterocycles. The molecule has 3 rings (SSSR count). The van der Waals surface area contributed by atoms with Gasteiger partial charge in [0.15, 0.2) is 16.2 Å². The van der Waals surface area contributed by atoms with Crippen molar-refractivity contribution in [3.05, 3.63) is 71.6 Å². The highest BCUT2D eigenvalue weighted by molar-refractivity contribution is 7.95. The number of nitrogens with zero attached hydrogens (tertiary/aromatic N) is 2. The van der Waals surface area contributed by atoms with Gasteiger partial charge < -0.3 is 9.08 Å². The normalized spacial score (nSPS) is 13.8. The molecule has 2 aromatic carbocycles. The molecule has 0 bridgehead atoms. The van der Waals surface area contributed by atoms with E-state index in [0.29, 0.717) is 11.5 Å². The van der Waals surface area contributed by atoms with Crippen LogP contribution < -0.4 is 0 Å². The van der Waals surface area contributed by atoms with Crippen molar-refractivity contribution in [2.24, 2.45) is 0 Å². The van der Waals surface area contributed by atoms with Gasteiger partial charge in [0.1, 0.15) is 5.69 Å². The summed E-state index contributed by atoms with van der Waals surface area (Å²) in [5.74, 6) is 0.309. The SMILES string of the molecule is Cc1noc(C)c1[S+](=O)([O-])N(C)Cc1ccc(-c2ccccc2)cc1. The summed E-state index contributed by atoms with van der Waals surface area (Å²) in [6.07, 6.45) is 0. The number of rotatable bonds is 5. The van der Waals surface area contributed by atoms with Gasteiger partial charge in [-0.05, 0) is 23.6 Å². The topological polar surface area (TPSA) is 69.4 Å². The van der Waals surface area contributed by atoms with Gasteiger partial charge in [-0.15, -0.1) is 4.31 Å². The minimum atomic E-state index is -3.64. The zero-order chi connectivity index (χ0) is 18.0. The first-order valence-corrected chi connectivity index (χ1v) is 9.37. The summed E-state index contributed by atoms with van der Waals surface area (Å²) in [7, 11) is -2.08. The lowest BCUT2D eigenvalue weighted by molar-refractivity contribution is 0.376. The van der Waals surface area contributed by atoms with Crippen LogP contribution in [0.4, 0.5) is 0 Å². The average Bonchev–Trinajstić information content (AvgIpc) is 2.95. The van der Waals surface area contributed by atoms with Gasteiger partial charge in [0, 0.05) is 14.0 Å². The summed E-state index contributed by atoms with van der Waals surface area (Å²) in [5, 5.41) is 3.74. The fourth-order valence-corrected chi connectivity index (χ4v) is 4.22. The third-order valence-corrected chi connectivity index (χ3v) is 6.15. The summed E-state index contributed by atoms with van der Waals surface area (Å²) in [6.45, 7) is 3.52. The molecule has 0 saturated heterocycles. The molecule has 5 nitrogen and oxygen atoms in total.